The number of carboxylic acid groups (broad SMARTS) is 1. The summed E-state index contributed by atoms with van der Waals surface area (Å²) in [6.45, 7) is 6.22. The van der Waals surface area contributed by atoms with Gasteiger partial charge in [0.05, 0.1) is 14.9 Å². The molecule has 1 aliphatic heterocycles. The third kappa shape index (κ3) is 4.92. The van der Waals surface area contributed by atoms with E-state index in [0.29, 0.717) is 54.0 Å². The molecule has 1 fully saturated rings. The predicted octanol–water partition coefficient (Wildman–Crippen LogP) is 4.29. The third-order valence-electron chi connectivity index (χ3n) is 6.46. The van der Waals surface area contributed by atoms with E-state index in [1.54, 1.807) is 18.2 Å². The van der Waals surface area contributed by atoms with Crippen LogP contribution in [0.15, 0.2) is 53.9 Å². The Bertz CT molecular complexity index is 1180. The zero-order valence-electron chi connectivity index (χ0n) is 18.1. The lowest BCUT2D eigenvalue weighted by Crippen LogP contribution is -2.52. The molecule has 9 heteroatoms. The third-order valence-corrected chi connectivity index (χ3v) is 9.32. The second kappa shape index (κ2) is 9.66. The lowest BCUT2D eigenvalue weighted by molar-refractivity contribution is -0.138. The van der Waals surface area contributed by atoms with Crippen molar-refractivity contribution in [3.63, 3.8) is 0 Å². The highest BCUT2D eigenvalue weighted by molar-refractivity contribution is 7.92. The Morgan fingerprint density at radius 3 is 2.48 bits per heavy atom. The van der Waals surface area contributed by atoms with Crippen LogP contribution in [0.3, 0.4) is 0 Å². The number of anilines is 1. The molecule has 176 valence electrons. The number of hydrogen-bond donors (Lipinski definition) is 1. The molecule has 2 aromatic rings. The van der Waals surface area contributed by atoms with Crippen LogP contribution in [0.1, 0.15) is 17.5 Å². The van der Waals surface area contributed by atoms with Gasteiger partial charge >= 0.3 is 5.97 Å². The highest BCUT2D eigenvalue weighted by Crippen LogP contribution is 2.36. The molecule has 0 radical (unpaired) electrons. The van der Waals surface area contributed by atoms with Crippen molar-refractivity contribution in [3.8, 4) is 0 Å². The number of piperazine rings is 1. The first kappa shape index (κ1) is 24.1. The summed E-state index contributed by atoms with van der Waals surface area (Å²) in [6, 6.07) is 10.8. The van der Waals surface area contributed by atoms with Gasteiger partial charge in [-0.3, -0.25) is 9.69 Å². The lowest BCUT2D eigenvalue weighted by atomic mass is 10.0. The maximum Gasteiger partial charge on any atom is 0.303 e. The van der Waals surface area contributed by atoms with Gasteiger partial charge in [0.15, 0.2) is 9.84 Å². The number of rotatable bonds is 7. The SMILES string of the molecule is C=CC(N1CCN(c2ccc(Cl)c(Cl)c2)CC1)S(=O)(=O)c1cccc2c1CC(CC(=O)O)C2. The monoisotopic (exact) mass is 508 g/mol. The van der Waals surface area contributed by atoms with Crippen molar-refractivity contribution >= 4 is 44.7 Å². The largest absolute Gasteiger partial charge is 0.481 e. The second-order valence-corrected chi connectivity index (χ2v) is 11.4. The van der Waals surface area contributed by atoms with Crippen LogP contribution in [0.5, 0.6) is 0 Å². The van der Waals surface area contributed by atoms with Crippen LogP contribution in [0.2, 0.25) is 10.0 Å². The van der Waals surface area contributed by atoms with Crippen LogP contribution >= 0.6 is 23.2 Å². The van der Waals surface area contributed by atoms with Crippen molar-refractivity contribution in [2.24, 2.45) is 5.92 Å². The number of halogens is 2. The van der Waals surface area contributed by atoms with Gasteiger partial charge < -0.3 is 10.0 Å². The van der Waals surface area contributed by atoms with Crippen LogP contribution in [-0.2, 0) is 27.5 Å². The van der Waals surface area contributed by atoms with Crippen molar-refractivity contribution in [2.45, 2.75) is 29.5 Å². The lowest BCUT2D eigenvalue weighted by Gasteiger charge is -2.39. The van der Waals surface area contributed by atoms with Crippen molar-refractivity contribution in [3.05, 3.63) is 70.2 Å². The molecular weight excluding hydrogens is 483 g/mol. The summed E-state index contributed by atoms with van der Waals surface area (Å²) < 4.78 is 27.4. The van der Waals surface area contributed by atoms with E-state index in [1.807, 2.05) is 23.1 Å². The minimum atomic E-state index is -3.72. The maximum absolute atomic E-state index is 13.7. The zero-order valence-corrected chi connectivity index (χ0v) is 20.4. The Balaban J connectivity index is 1.52. The van der Waals surface area contributed by atoms with Gasteiger partial charge in [0.1, 0.15) is 5.37 Å². The normalized spacial score (nSPS) is 19.8. The van der Waals surface area contributed by atoms with E-state index < -0.39 is 21.2 Å². The number of fused-ring (bicyclic) bond motifs is 1. The van der Waals surface area contributed by atoms with Crippen LogP contribution in [0.4, 0.5) is 5.69 Å². The molecule has 2 aromatic carbocycles. The topological polar surface area (TPSA) is 77.9 Å². The Hall–Kier alpha value is -2.06. The summed E-state index contributed by atoms with van der Waals surface area (Å²) in [4.78, 5) is 15.5. The van der Waals surface area contributed by atoms with E-state index >= 15 is 0 Å². The summed E-state index contributed by atoms with van der Waals surface area (Å²) in [7, 11) is -3.72. The molecule has 2 atom stereocenters. The van der Waals surface area contributed by atoms with E-state index in [4.69, 9.17) is 28.3 Å². The van der Waals surface area contributed by atoms with Gasteiger partial charge in [-0.05, 0) is 54.2 Å². The van der Waals surface area contributed by atoms with E-state index in [-0.39, 0.29) is 12.3 Å². The van der Waals surface area contributed by atoms with Crippen molar-refractivity contribution in [1.29, 1.82) is 0 Å². The molecule has 2 aliphatic rings. The fourth-order valence-corrected chi connectivity index (χ4v) is 7.12. The smallest absolute Gasteiger partial charge is 0.303 e. The Kier molecular flexibility index (Phi) is 7.05. The van der Waals surface area contributed by atoms with Gasteiger partial charge in [-0.1, -0.05) is 41.4 Å². The fraction of sp³-hybridized carbons (Fsp3) is 0.375. The molecule has 0 aromatic heterocycles. The molecule has 6 nitrogen and oxygen atoms in total. The molecule has 0 amide bonds. The van der Waals surface area contributed by atoms with Gasteiger partial charge in [-0.25, -0.2) is 8.42 Å². The van der Waals surface area contributed by atoms with Crippen LogP contribution in [0, 0.1) is 5.92 Å². The van der Waals surface area contributed by atoms with E-state index in [1.165, 1.54) is 6.08 Å². The standard InChI is InChI=1S/C24H26Cl2N2O4S/c1-2-23(28-10-8-27(9-11-28)18-6-7-20(25)21(26)15-18)33(31,32)22-5-3-4-17-12-16(13-19(17)22)14-24(29)30/h2-7,15-16,23H,1,8-14H2,(H,29,30). The van der Waals surface area contributed by atoms with Gasteiger partial charge in [-0.2, -0.15) is 0 Å². The van der Waals surface area contributed by atoms with Crippen molar-refractivity contribution in [2.75, 3.05) is 31.1 Å². The first-order valence-corrected chi connectivity index (χ1v) is 13.1. The molecule has 1 heterocycles. The molecule has 1 saturated heterocycles. The number of carboxylic acids is 1. The number of carbonyl (C=O) groups is 1. The van der Waals surface area contributed by atoms with Gasteiger partial charge in [0, 0.05) is 38.3 Å². The highest BCUT2D eigenvalue weighted by Gasteiger charge is 2.36. The number of nitrogens with zero attached hydrogens (tertiary/aromatic N) is 2. The van der Waals surface area contributed by atoms with Crippen LogP contribution in [-0.4, -0.2) is 55.9 Å². The average Bonchev–Trinajstić information content (AvgIpc) is 3.18. The summed E-state index contributed by atoms with van der Waals surface area (Å²) in [5.74, 6) is -0.938. The van der Waals surface area contributed by atoms with Gasteiger partial charge in [0.2, 0.25) is 0 Å². The number of benzene rings is 2. The number of hydrogen-bond acceptors (Lipinski definition) is 5. The maximum atomic E-state index is 13.7. The highest BCUT2D eigenvalue weighted by atomic mass is 35.5. The van der Waals surface area contributed by atoms with Gasteiger partial charge in [0.25, 0.3) is 0 Å². The molecule has 1 aliphatic carbocycles. The Labute approximate surface area is 204 Å². The zero-order chi connectivity index (χ0) is 23.8. The molecule has 0 spiro atoms. The van der Waals surface area contributed by atoms with E-state index in [2.05, 4.69) is 11.5 Å². The summed E-state index contributed by atoms with van der Waals surface area (Å²) in [6.07, 6.45) is 2.58. The van der Waals surface area contributed by atoms with Crippen LogP contribution in [0.25, 0.3) is 0 Å². The quantitative estimate of drug-likeness (QED) is 0.562. The second-order valence-electron chi connectivity index (χ2n) is 8.56. The summed E-state index contributed by atoms with van der Waals surface area (Å²) >= 11 is 12.2. The fourth-order valence-electron chi connectivity index (χ4n) is 4.88. The van der Waals surface area contributed by atoms with Crippen LogP contribution < -0.4 is 4.90 Å². The van der Waals surface area contributed by atoms with Crippen molar-refractivity contribution in [1.82, 2.24) is 4.90 Å². The Morgan fingerprint density at radius 1 is 1.12 bits per heavy atom. The summed E-state index contributed by atoms with van der Waals surface area (Å²) in [5.41, 5.74) is 2.63. The molecule has 0 saturated carbocycles. The molecule has 1 N–H and O–H groups in total. The van der Waals surface area contributed by atoms with Gasteiger partial charge in [-0.15, -0.1) is 6.58 Å². The first-order valence-electron chi connectivity index (χ1n) is 10.8. The van der Waals surface area contributed by atoms with Crippen molar-refractivity contribution < 1.29 is 18.3 Å². The minimum Gasteiger partial charge on any atom is -0.481 e. The summed E-state index contributed by atoms with van der Waals surface area (Å²) in [5, 5.41) is 9.29. The molecule has 2 unspecified atom stereocenters. The van der Waals surface area contributed by atoms with E-state index in [9.17, 15) is 13.2 Å². The minimum absolute atomic E-state index is 0.0374. The molecule has 33 heavy (non-hydrogen) atoms. The molecular formula is C24H26Cl2N2O4S. The number of sulfone groups is 1. The molecule has 0 bridgehead atoms. The molecule has 4 rings (SSSR count). The number of aliphatic carboxylic acids is 1. The predicted molar refractivity (Wildman–Crippen MR) is 131 cm³/mol. The Morgan fingerprint density at radius 2 is 1.85 bits per heavy atom. The first-order chi connectivity index (χ1) is 15.7. The van der Waals surface area contributed by atoms with E-state index in [0.717, 1.165) is 16.8 Å². The average molecular weight is 509 g/mol.